The van der Waals surface area contributed by atoms with Crippen molar-refractivity contribution in [2.75, 3.05) is 20.6 Å². The summed E-state index contributed by atoms with van der Waals surface area (Å²) >= 11 is 0. The Labute approximate surface area is 147 Å². The van der Waals surface area contributed by atoms with Crippen molar-refractivity contribution in [3.8, 4) is 0 Å². The molecule has 24 heavy (non-hydrogen) atoms. The summed E-state index contributed by atoms with van der Waals surface area (Å²) < 4.78 is 0. The third kappa shape index (κ3) is 4.13. The van der Waals surface area contributed by atoms with Crippen LogP contribution in [-0.2, 0) is 4.79 Å². The van der Waals surface area contributed by atoms with Gasteiger partial charge in [-0.2, -0.15) is 0 Å². The lowest BCUT2D eigenvalue weighted by molar-refractivity contribution is -0.128. The average molecular weight is 336 g/mol. The van der Waals surface area contributed by atoms with E-state index in [1.807, 2.05) is 0 Å². The number of nitrogens with one attached hydrogen (secondary N) is 1. The van der Waals surface area contributed by atoms with Crippen molar-refractivity contribution in [2.24, 2.45) is 29.4 Å². The van der Waals surface area contributed by atoms with E-state index >= 15 is 0 Å². The number of amides is 1. The van der Waals surface area contributed by atoms with Crippen LogP contribution < -0.4 is 11.1 Å². The van der Waals surface area contributed by atoms with Gasteiger partial charge in [0.2, 0.25) is 5.91 Å². The molecule has 3 aliphatic rings. The van der Waals surface area contributed by atoms with Gasteiger partial charge in [0.25, 0.3) is 0 Å². The van der Waals surface area contributed by atoms with Crippen molar-refractivity contribution in [3.63, 3.8) is 0 Å². The quantitative estimate of drug-likeness (QED) is 0.812. The first kappa shape index (κ1) is 18.2. The normalized spacial score (nSPS) is 35.7. The largest absolute Gasteiger partial charge is 0.354 e. The Hall–Kier alpha value is -0.610. The Morgan fingerprint density at radius 2 is 1.67 bits per heavy atom. The molecule has 3 saturated carbocycles. The SMILES string of the molecule is CN(C)C(CNC(=O)C1CC2CCCC(C1)C2N)C1CCCCC1. The van der Waals surface area contributed by atoms with E-state index in [0.717, 1.165) is 25.3 Å². The molecular formula is C20H37N3O. The predicted octanol–water partition coefficient (Wildman–Crippen LogP) is 2.77. The lowest BCUT2D eigenvalue weighted by atomic mass is 9.65. The molecule has 3 rings (SSSR count). The number of hydrogen-bond donors (Lipinski definition) is 2. The van der Waals surface area contributed by atoms with Gasteiger partial charge in [0.1, 0.15) is 0 Å². The zero-order valence-electron chi connectivity index (χ0n) is 15.7. The van der Waals surface area contributed by atoms with Crippen molar-refractivity contribution >= 4 is 5.91 Å². The molecule has 0 aromatic carbocycles. The number of nitrogens with zero attached hydrogens (tertiary/aromatic N) is 1. The van der Waals surface area contributed by atoms with Gasteiger partial charge in [-0.15, -0.1) is 0 Å². The molecule has 3 fully saturated rings. The highest BCUT2D eigenvalue weighted by molar-refractivity contribution is 5.78. The van der Waals surface area contributed by atoms with Gasteiger partial charge in [-0.3, -0.25) is 4.79 Å². The van der Waals surface area contributed by atoms with Crippen molar-refractivity contribution in [1.29, 1.82) is 0 Å². The smallest absolute Gasteiger partial charge is 0.223 e. The lowest BCUT2D eigenvalue weighted by Gasteiger charge is -2.43. The fourth-order valence-electron chi connectivity index (χ4n) is 5.64. The second-order valence-electron chi connectivity index (χ2n) is 8.87. The summed E-state index contributed by atoms with van der Waals surface area (Å²) in [7, 11) is 4.32. The Morgan fingerprint density at radius 3 is 2.25 bits per heavy atom. The second-order valence-corrected chi connectivity index (χ2v) is 8.87. The molecule has 0 aromatic rings. The van der Waals surface area contributed by atoms with E-state index in [-0.39, 0.29) is 5.92 Å². The van der Waals surface area contributed by atoms with Gasteiger partial charge in [-0.1, -0.05) is 25.7 Å². The molecule has 1 amide bonds. The monoisotopic (exact) mass is 335 g/mol. The summed E-state index contributed by atoms with van der Waals surface area (Å²) in [5, 5.41) is 3.31. The molecule has 0 spiro atoms. The molecule has 3 atom stereocenters. The third-order valence-electron chi connectivity index (χ3n) is 7.13. The van der Waals surface area contributed by atoms with Crippen LogP contribution in [0.15, 0.2) is 0 Å². The Balaban J connectivity index is 1.52. The molecule has 0 aromatic heterocycles. The molecule has 3 unspecified atom stereocenters. The van der Waals surface area contributed by atoms with Crippen LogP contribution in [0.4, 0.5) is 0 Å². The highest BCUT2D eigenvalue weighted by Gasteiger charge is 2.40. The molecule has 2 bridgehead atoms. The standard InChI is InChI=1S/C20H37N3O/c1-23(2)18(14-7-4-3-5-8-14)13-22-20(24)17-11-15-9-6-10-16(12-17)19(15)21/h14-19H,3-13,21H2,1-2H3,(H,22,24). The van der Waals surface area contributed by atoms with Gasteiger partial charge < -0.3 is 16.0 Å². The number of rotatable bonds is 5. The van der Waals surface area contributed by atoms with E-state index in [1.165, 1.54) is 51.4 Å². The van der Waals surface area contributed by atoms with Crippen molar-refractivity contribution in [1.82, 2.24) is 10.2 Å². The molecule has 0 saturated heterocycles. The fraction of sp³-hybridized carbons (Fsp3) is 0.950. The molecule has 0 radical (unpaired) electrons. The second kappa shape index (κ2) is 8.18. The van der Waals surface area contributed by atoms with Crippen LogP contribution in [0.25, 0.3) is 0 Å². The van der Waals surface area contributed by atoms with Crippen LogP contribution in [0.2, 0.25) is 0 Å². The first-order valence-corrected chi connectivity index (χ1v) is 10.3. The van der Waals surface area contributed by atoms with Gasteiger partial charge in [0.05, 0.1) is 0 Å². The Bertz CT molecular complexity index is 405. The minimum Gasteiger partial charge on any atom is -0.354 e. The van der Waals surface area contributed by atoms with Crippen LogP contribution in [0.1, 0.15) is 64.2 Å². The van der Waals surface area contributed by atoms with Crippen molar-refractivity contribution < 1.29 is 4.79 Å². The lowest BCUT2D eigenvalue weighted by Crippen LogP contribution is -2.51. The molecule has 4 nitrogen and oxygen atoms in total. The van der Waals surface area contributed by atoms with E-state index < -0.39 is 0 Å². The number of carbonyl (C=O) groups excluding carboxylic acids is 1. The topological polar surface area (TPSA) is 58.4 Å². The van der Waals surface area contributed by atoms with E-state index in [2.05, 4.69) is 24.3 Å². The molecular weight excluding hydrogens is 298 g/mol. The first-order valence-electron chi connectivity index (χ1n) is 10.3. The van der Waals surface area contributed by atoms with Crippen LogP contribution >= 0.6 is 0 Å². The summed E-state index contributed by atoms with van der Waals surface area (Å²) in [6, 6.07) is 0.833. The zero-order valence-corrected chi connectivity index (χ0v) is 15.7. The molecule has 3 N–H and O–H groups in total. The Morgan fingerprint density at radius 1 is 1.04 bits per heavy atom. The molecule has 138 valence electrons. The van der Waals surface area contributed by atoms with Gasteiger partial charge in [0, 0.05) is 24.5 Å². The van der Waals surface area contributed by atoms with Crippen LogP contribution in [-0.4, -0.2) is 43.5 Å². The maximum absolute atomic E-state index is 12.8. The van der Waals surface area contributed by atoms with E-state index in [0.29, 0.717) is 29.8 Å². The molecule has 3 aliphatic carbocycles. The summed E-state index contributed by atoms with van der Waals surface area (Å²) in [6.45, 7) is 0.814. The van der Waals surface area contributed by atoms with Crippen LogP contribution in [0, 0.1) is 23.7 Å². The van der Waals surface area contributed by atoms with Crippen molar-refractivity contribution in [3.05, 3.63) is 0 Å². The maximum atomic E-state index is 12.8. The number of carbonyl (C=O) groups is 1. The minimum atomic E-state index is 0.203. The number of hydrogen-bond acceptors (Lipinski definition) is 3. The predicted molar refractivity (Wildman–Crippen MR) is 98.6 cm³/mol. The number of likely N-dealkylation sites (N-methyl/N-ethyl adjacent to an activating group) is 1. The van der Waals surface area contributed by atoms with Crippen molar-refractivity contribution in [2.45, 2.75) is 76.3 Å². The fourth-order valence-corrected chi connectivity index (χ4v) is 5.64. The third-order valence-corrected chi connectivity index (χ3v) is 7.13. The van der Waals surface area contributed by atoms with Crippen LogP contribution in [0.5, 0.6) is 0 Å². The number of fused-ring (bicyclic) bond motifs is 2. The van der Waals surface area contributed by atoms with Gasteiger partial charge in [0.15, 0.2) is 0 Å². The molecule has 0 aliphatic heterocycles. The highest BCUT2D eigenvalue weighted by atomic mass is 16.1. The van der Waals surface area contributed by atoms with Gasteiger partial charge in [-0.05, 0) is 70.4 Å². The van der Waals surface area contributed by atoms with Crippen LogP contribution in [0.3, 0.4) is 0 Å². The Kier molecular flexibility index (Phi) is 6.20. The highest BCUT2D eigenvalue weighted by Crippen LogP contribution is 2.41. The average Bonchev–Trinajstić information content (AvgIpc) is 2.55. The zero-order chi connectivity index (χ0) is 17.1. The number of nitrogens with two attached hydrogens (primary N) is 1. The minimum absolute atomic E-state index is 0.203. The van der Waals surface area contributed by atoms with E-state index in [1.54, 1.807) is 0 Å². The van der Waals surface area contributed by atoms with E-state index in [4.69, 9.17) is 5.73 Å². The summed E-state index contributed by atoms with van der Waals surface area (Å²) in [5.74, 6) is 2.40. The summed E-state index contributed by atoms with van der Waals surface area (Å²) in [6.07, 6.45) is 12.5. The summed E-state index contributed by atoms with van der Waals surface area (Å²) in [4.78, 5) is 15.1. The summed E-state index contributed by atoms with van der Waals surface area (Å²) in [5.41, 5.74) is 6.37. The molecule has 0 heterocycles. The first-order chi connectivity index (χ1) is 11.6. The van der Waals surface area contributed by atoms with Gasteiger partial charge in [-0.25, -0.2) is 0 Å². The van der Waals surface area contributed by atoms with E-state index in [9.17, 15) is 4.79 Å². The van der Waals surface area contributed by atoms with Gasteiger partial charge >= 0.3 is 0 Å². The molecule has 4 heteroatoms. The maximum Gasteiger partial charge on any atom is 0.223 e.